The molecular weight excluding hydrogens is 646 g/mol. The number of hydrogen-bond donors (Lipinski definition) is 9. The molecule has 0 aliphatic carbocycles. The van der Waals surface area contributed by atoms with E-state index in [1.165, 1.54) is 12.3 Å². The Balaban J connectivity index is 2.98. The first-order valence-corrected chi connectivity index (χ1v) is 17.0. The Kier molecular flexibility index (Phi) is 19.0. The molecule has 13 N–H and O–H groups in total. The molecule has 0 radical (unpaired) electrons. The maximum Gasteiger partial charge on any atom is 0.243 e. The van der Waals surface area contributed by atoms with Gasteiger partial charge in [-0.3, -0.25) is 39.1 Å². The van der Waals surface area contributed by atoms with Gasteiger partial charge in [-0.1, -0.05) is 48.0 Å². The molecule has 0 saturated heterocycles. The molecule has 5 atom stereocenters. The molecule has 0 saturated carbocycles. The number of amides is 5. The van der Waals surface area contributed by atoms with Gasteiger partial charge in [0.05, 0.1) is 19.1 Å². The molecule has 1 heterocycles. The Bertz CT molecular complexity index is 1320. The van der Waals surface area contributed by atoms with Gasteiger partial charge in [-0.2, -0.15) is 0 Å². The van der Waals surface area contributed by atoms with Crippen molar-refractivity contribution in [2.45, 2.75) is 97.8 Å². The van der Waals surface area contributed by atoms with Crippen LogP contribution in [0.25, 0.3) is 0 Å². The lowest BCUT2D eigenvalue weighted by Gasteiger charge is -2.27. The summed E-state index contributed by atoms with van der Waals surface area (Å²) in [7, 11) is 0. The SMILES string of the molecule is CC[C@H](C)[C@H](NC(=O)[C@H](CC(C)C)NCC(=O)c1ccc(N)nc1)C(=O)NCC(=O)N[C@@H](CCCN=C(N)N)C(=O)N[C@@H](CC(C)C)C(N)=O. The number of nitrogens with zero attached hydrogens (tertiary/aromatic N) is 2. The third-order valence-electron chi connectivity index (χ3n) is 7.82. The molecule has 50 heavy (non-hydrogen) atoms. The molecule has 17 heteroatoms. The molecule has 0 aromatic carbocycles. The third-order valence-corrected chi connectivity index (χ3v) is 7.82. The average molecular weight is 704 g/mol. The van der Waals surface area contributed by atoms with Gasteiger partial charge in [-0.25, -0.2) is 4.98 Å². The lowest BCUT2D eigenvalue weighted by atomic mass is 9.96. The normalized spacial score (nSPS) is 14.1. The number of carbonyl (C=O) groups excluding carboxylic acids is 6. The summed E-state index contributed by atoms with van der Waals surface area (Å²) >= 11 is 0. The van der Waals surface area contributed by atoms with Crippen LogP contribution in [0.3, 0.4) is 0 Å². The summed E-state index contributed by atoms with van der Waals surface area (Å²) in [5.74, 6) is -3.39. The molecule has 0 unspecified atom stereocenters. The smallest absolute Gasteiger partial charge is 0.243 e. The second-order valence-electron chi connectivity index (χ2n) is 13.2. The highest BCUT2D eigenvalue weighted by Crippen LogP contribution is 2.12. The summed E-state index contributed by atoms with van der Waals surface area (Å²) in [5.41, 5.74) is 22.2. The molecule has 0 spiro atoms. The molecular formula is C33H57N11O6. The minimum Gasteiger partial charge on any atom is -0.384 e. The topological polar surface area (TPSA) is 292 Å². The number of rotatable bonds is 23. The molecule has 1 aromatic heterocycles. The van der Waals surface area contributed by atoms with Crippen molar-refractivity contribution in [1.29, 1.82) is 0 Å². The molecule has 17 nitrogen and oxygen atoms in total. The van der Waals surface area contributed by atoms with Crippen LogP contribution in [0.4, 0.5) is 5.82 Å². The zero-order valence-electron chi connectivity index (χ0n) is 30.1. The van der Waals surface area contributed by atoms with Gasteiger partial charge in [0.25, 0.3) is 0 Å². The summed E-state index contributed by atoms with van der Waals surface area (Å²) in [6.07, 6.45) is 3.04. The Morgan fingerprint density at radius 2 is 1.42 bits per heavy atom. The first kappa shape index (κ1) is 43.2. The van der Waals surface area contributed by atoms with Gasteiger partial charge in [0.1, 0.15) is 23.9 Å². The van der Waals surface area contributed by atoms with Crippen molar-refractivity contribution in [2.24, 2.45) is 39.9 Å². The maximum atomic E-state index is 13.5. The number of nitrogens with two attached hydrogens (primary N) is 4. The van der Waals surface area contributed by atoms with Crippen LogP contribution in [0.15, 0.2) is 23.3 Å². The van der Waals surface area contributed by atoms with Gasteiger partial charge in [-0.05, 0) is 55.6 Å². The van der Waals surface area contributed by atoms with Crippen molar-refractivity contribution in [3.63, 3.8) is 0 Å². The fraction of sp³-hybridized carbons (Fsp3) is 0.636. The molecule has 0 bridgehead atoms. The summed E-state index contributed by atoms with van der Waals surface area (Å²) < 4.78 is 0. The van der Waals surface area contributed by atoms with Crippen LogP contribution in [0.5, 0.6) is 0 Å². The highest BCUT2D eigenvalue weighted by molar-refractivity contribution is 5.98. The van der Waals surface area contributed by atoms with E-state index in [1.807, 2.05) is 34.6 Å². The minimum absolute atomic E-state index is 0.0583. The minimum atomic E-state index is -1.08. The highest BCUT2D eigenvalue weighted by atomic mass is 16.2. The van der Waals surface area contributed by atoms with E-state index < -0.39 is 60.2 Å². The van der Waals surface area contributed by atoms with Gasteiger partial charge < -0.3 is 44.2 Å². The largest absolute Gasteiger partial charge is 0.384 e. The number of Topliss-reactive ketones (excluding diaryl/α,β-unsaturated/α-hetero) is 1. The Morgan fingerprint density at radius 1 is 0.800 bits per heavy atom. The summed E-state index contributed by atoms with van der Waals surface area (Å²) in [6, 6.07) is -0.752. The monoisotopic (exact) mass is 703 g/mol. The molecule has 280 valence electrons. The van der Waals surface area contributed by atoms with Crippen LogP contribution in [0, 0.1) is 17.8 Å². The number of guanidine groups is 1. The van der Waals surface area contributed by atoms with E-state index >= 15 is 0 Å². The highest BCUT2D eigenvalue weighted by Gasteiger charge is 2.31. The second-order valence-corrected chi connectivity index (χ2v) is 13.2. The van der Waals surface area contributed by atoms with Crippen molar-refractivity contribution in [1.82, 2.24) is 31.6 Å². The van der Waals surface area contributed by atoms with Crippen LogP contribution in [0.1, 0.15) is 84.0 Å². The molecule has 0 aliphatic heterocycles. The first-order chi connectivity index (χ1) is 23.4. The van der Waals surface area contributed by atoms with E-state index in [0.29, 0.717) is 31.2 Å². The fourth-order valence-electron chi connectivity index (χ4n) is 4.88. The van der Waals surface area contributed by atoms with Crippen molar-refractivity contribution in [2.75, 3.05) is 25.4 Å². The van der Waals surface area contributed by atoms with E-state index in [9.17, 15) is 28.8 Å². The summed E-state index contributed by atoms with van der Waals surface area (Å²) in [4.78, 5) is 85.4. The number of nitrogen functional groups attached to an aromatic ring is 1. The second kappa shape index (κ2) is 22.0. The summed E-state index contributed by atoms with van der Waals surface area (Å²) in [6.45, 7) is 10.8. The molecule has 0 aliphatic rings. The van der Waals surface area contributed by atoms with Gasteiger partial charge >= 0.3 is 0 Å². The number of hydrogen-bond acceptors (Lipinski definition) is 10. The quantitative estimate of drug-likeness (QED) is 0.0290. The molecule has 1 aromatic rings. The third kappa shape index (κ3) is 16.5. The van der Waals surface area contributed by atoms with Gasteiger partial charge in [-0.15, -0.1) is 0 Å². The van der Waals surface area contributed by atoms with Crippen LogP contribution in [-0.2, 0) is 24.0 Å². The van der Waals surface area contributed by atoms with Crippen molar-refractivity contribution in [3.05, 3.63) is 23.9 Å². The lowest BCUT2D eigenvalue weighted by Crippen LogP contribution is -2.57. The van der Waals surface area contributed by atoms with E-state index in [4.69, 9.17) is 22.9 Å². The number of aliphatic imine (C=N–C) groups is 1. The fourth-order valence-corrected chi connectivity index (χ4v) is 4.88. The number of carbonyl (C=O) groups is 6. The Morgan fingerprint density at radius 3 is 1.96 bits per heavy atom. The summed E-state index contributed by atoms with van der Waals surface area (Å²) in [5, 5.41) is 13.5. The van der Waals surface area contributed by atoms with Crippen LogP contribution >= 0.6 is 0 Å². The van der Waals surface area contributed by atoms with Gasteiger partial charge in [0.2, 0.25) is 29.5 Å². The van der Waals surface area contributed by atoms with Gasteiger partial charge in [0, 0.05) is 18.3 Å². The van der Waals surface area contributed by atoms with Crippen molar-refractivity contribution >= 4 is 47.1 Å². The average Bonchev–Trinajstić information content (AvgIpc) is 3.04. The van der Waals surface area contributed by atoms with E-state index in [1.54, 1.807) is 13.0 Å². The number of primary amides is 1. The van der Waals surface area contributed by atoms with Gasteiger partial charge in [0.15, 0.2) is 11.7 Å². The molecule has 1 rings (SSSR count). The standard InChI is InChI=1S/C33H57N11O6/c1-7-20(6)28(44-31(49)24(14-19(4)5)39-16-25(45)21-10-11-26(34)40-15-21)32(50)41-17-27(46)42-22(9-8-12-38-33(36)37)30(48)43-23(29(35)47)13-18(2)3/h10-11,15,18-20,22-24,28,39H,7-9,12-14,16-17H2,1-6H3,(H2,34,40)(H2,35,47)(H,41,50)(H,42,46)(H,43,48)(H,44,49)(H4,36,37,38)/t20-,22-,23-,24-,28-/m0/s1. The Labute approximate surface area is 294 Å². The number of pyridine rings is 1. The Hall–Kier alpha value is -4.80. The lowest BCUT2D eigenvalue weighted by molar-refractivity contribution is -0.133. The maximum absolute atomic E-state index is 13.5. The number of anilines is 1. The molecule has 5 amide bonds. The molecule has 0 fully saturated rings. The number of ketones is 1. The zero-order valence-corrected chi connectivity index (χ0v) is 30.1. The van der Waals surface area contributed by atoms with E-state index in [0.717, 1.165) is 0 Å². The predicted molar refractivity (Wildman–Crippen MR) is 191 cm³/mol. The van der Waals surface area contributed by atoms with E-state index in [2.05, 4.69) is 36.6 Å². The van der Waals surface area contributed by atoms with Crippen molar-refractivity contribution < 1.29 is 28.8 Å². The van der Waals surface area contributed by atoms with Crippen LogP contribution in [-0.4, -0.2) is 90.1 Å². The zero-order chi connectivity index (χ0) is 38.0. The van der Waals surface area contributed by atoms with Crippen LogP contribution in [0.2, 0.25) is 0 Å². The van der Waals surface area contributed by atoms with E-state index in [-0.39, 0.29) is 54.8 Å². The van der Waals surface area contributed by atoms with Crippen LogP contribution < -0.4 is 49.5 Å². The number of aromatic nitrogens is 1. The first-order valence-electron chi connectivity index (χ1n) is 17.0. The number of nitrogens with one attached hydrogen (secondary N) is 5. The predicted octanol–water partition coefficient (Wildman–Crippen LogP) is -0.948. The van der Waals surface area contributed by atoms with Crippen molar-refractivity contribution in [3.8, 4) is 0 Å².